The molecule has 1 aromatic carbocycles. The van der Waals surface area contributed by atoms with E-state index in [1.165, 1.54) is 24.3 Å². The number of carbonyl (C=O) groups excluding carboxylic acids is 2. The summed E-state index contributed by atoms with van der Waals surface area (Å²) in [4.78, 5) is 26.0. The number of carbonyl (C=O) groups is 2. The van der Waals surface area contributed by atoms with Crippen molar-refractivity contribution in [2.75, 3.05) is 19.6 Å². The smallest absolute Gasteiger partial charge is 0.251 e. The van der Waals surface area contributed by atoms with Gasteiger partial charge in [0.05, 0.1) is 4.90 Å². The van der Waals surface area contributed by atoms with Crippen LogP contribution in [0.1, 0.15) is 49.9 Å². The molecule has 1 heterocycles. The van der Waals surface area contributed by atoms with Crippen molar-refractivity contribution in [2.24, 2.45) is 0 Å². The monoisotopic (exact) mass is 381 g/mol. The van der Waals surface area contributed by atoms with Gasteiger partial charge in [-0.05, 0) is 50.5 Å². The number of hydrogen-bond acceptors (Lipinski definition) is 4. The van der Waals surface area contributed by atoms with Crippen LogP contribution in [-0.4, -0.2) is 50.8 Å². The zero-order valence-electron chi connectivity index (χ0n) is 15.3. The van der Waals surface area contributed by atoms with Crippen molar-refractivity contribution in [1.82, 2.24) is 14.9 Å². The van der Waals surface area contributed by atoms with E-state index >= 15 is 0 Å². The molecule has 1 aromatic rings. The molecule has 26 heavy (non-hydrogen) atoms. The molecule has 0 spiro atoms. The van der Waals surface area contributed by atoms with Crippen molar-refractivity contribution in [3.8, 4) is 0 Å². The quantitative estimate of drug-likeness (QED) is 0.713. The minimum Gasteiger partial charge on any atom is -0.352 e. The SMILES string of the molecule is CCC(C)NS(=O)(=O)c1ccc(C(=O)NCCC(=O)N2CCCC2)cc1. The Morgan fingerprint density at radius 3 is 2.35 bits per heavy atom. The van der Waals surface area contributed by atoms with E-state index in [9.17, 15) is 18.0 Å². The molecule has 1 aliphatic heterocycles. The van der Waals surface area contributed by atoms with Crippen molar-refractivity contribution in [1.29, 1.82) is 0 Å². The van der Waals surface area contributed by atoms with E-state index in [1.54, 1.807) is 6.92 Å². The van der Waals surface area contributed by atoms with Crippen LogP contribution in [0.3, 0.4) is 0 Å². The van der Waals surface area contributed by atoms with E-state index in [0.29, 0.717) is 12.0 Å². The molecule has 1 atom stereocenters. The second-order valence-corrected chi connectivity index (χ2v) is 8.26. The first-order valence-electron chi connectivity index (χ1n) is 9.02. The minimum atomic E-state index is -3.58. The molecule has 0 bridgehead atoms. The summed E-state index contributed by atoms with van der Waals surface area (Å²) in [6.07, 6.45) is 3.05. The van der Waals surface area contributed by atoms with Gasteiger partial charge >= 0.3 is 0 Å². The largest absolute Gasteiger partial charge is 0.352 e. The van der Waals surface area contributed by atoms with E-state index in [4.69, 9.17) is 0 Å². The fourth-order valence-electron chi connectivity index (χ4n) is 2.71. The van der Waals surface area contributed by atoms with Gasteiger partial charge in [-0.25, -0.2) is 13.1 Å². The van der Waals surface area contributed by atoms with E-state index in [0.717, 1.165) is 25.9 Å². The molecule has 7 nitrogen and oxygen atoms in total. The summed E-state index contributed by atoms with van der Waals surface area (Å²) in [5.41, 5.74) is 0.362. The average Bonchev–Trinajstić information content (AvgIpc) is 3.16. The Hall–Kier alpha value is -1.93. The van der Waals surface area contributed by atoms with Gasteiger partial charge in [-0.2, -0.15) is 0 Å². The molecule has 2 N–H and O–H groups in total. The summed E-state index contributed by atoms with van der Waals surface area (Å²) in [7, 11) is -3.58. The van der Waals surface area contributed by atoms with Gasteiger partial charge in [0.1, 0.15) is 0 Å². The van der Waals surface area contributed by atoms with Gasteiger partial charge < -0.3 is 10.2 Å². The topological polar surface area (TPSA) is 95.6 Å². The Balaban J connectivity index is 1.87. The van der Waals surface area contributed by atoms with E-state index < -0.39 is 10.0 Å². The molecule has 144 valence electrons. The molecule has 0 saturated carbocycles. The first kappa shape index (κ1) is 20.4. The van der Waals surface area contributed by atoms with Crippen molar-refractivity contribution in [2.45, 2.75) is 50.5 Å². The third-order valence-corrected chi connectivity index (χ3v) is 6.08. The summed E-state index contributed by atoms with van der Waals surface area (Å²) in [5, 5.41) is 2.70. The van der Waals surface area contributed by atoms with Gasteiger partial charge in [-0.15, -0.1) is 0 Å². The summed E-state index contributed by atoms with van der Waals surface area (Å²) >= 11 is 0. The summed E-state index contributed by atoms with van der Waals surface area (Å²) < 4.78 is 27.0. The normalized spacial score (nSPS) is 15.7. The second kappa shape index (κ2) is 9.14. The first-order valence-corrected chi connectivity index (χ1v) is 10.5. The van der Waals surface area contributed by atoms with E-state index in [-0.39, 0.29) is 35.7 Å². The van der Waals surface area contributed by atoms with Crippen molar-refractivity contribution >= 4 is 21.8 Å². The molecule has 1 unspecified atom stereocenters. The maximum absolute atomic E-state index is 12.2. The van der Waals surface area contributed by atoms with Crippen molar-refractivity contribution in [3.63, 3.8) is 0 Å². The highest BCUT2D eigenvalue weighted by Crippen LogP contribution is 2.12. The van der Waals surface area contributed by atoms with Gasteiger partial charge in [-0.1, -0.05) is 6.92 Å². The maximum atomic E-state index is 12.2. The summed E-state index contributed by atoms with van der Waals surface area (Å²) in [6, 6.07) is 5.62. The Morgan fingerprint density at radius 2 is 1.77 bits per heavy atom. The lowest BCUT2D eigenvalue weighted by molar-refractivity contribution is -0.129. The van der Waals surface area contributed by atoms with Gasteiger partial charge in [-0.3, -0.25) is 9.59 Å². The average molecular weight is 381 g/mol. The first-order chi connectivity index (χ1) is 12.3. The van der Waals surface area contributed by atoms with Crippen LogP contribution in [-0.2, 0) is 14.8 Å². The van der Waals surface area contributed by atoms with Gasteiger partial charge in [0, 0.05) is 37.7 Å². The lowest BCUT2D eigenvalue weighted by Crippen LogP contribution is -2.33. The molecule has 0 aliphatic carbocycles. The van der Waals surface area contributed by atoms with Crippen LogP contribution in [0.25, 0.3) is 0 Å². The number of hydrogen-bond donors (Lipinski definition) is 2. The van der Waals surface area contributed by atoms with Crippen LogP contribution < -0.4 is 10.0 Å². The molecule has 1 fully saturated rings. The number of sulfonamides is 1. The van der Waals surface area contributed by atoms with E-state index in [2.05, 4.69) is 10.0 Å². The van der Waals surface area contributed by atoms with Crippen LogP contribution in [0, 0.1) is 0 Å². The summed E-state index contributed by atoms with van der Waals surface area (Å²) in [5.74, 6) is -0.265. The molecule has 1 aliphatic rings. The molecular formula is C18H27N3O4S. The second-order valence-electron chi connectivity index (χ2n) is 6.55. The van der Waals surface area contributed by atoms with Crippen LogP contribution in [0.2, 0.25) is 0 Å². The van der Waals surface area contributed by atoms with Crippen molar-refractivity contribution in [3.05, 3.63) is 29.8 Å². The zero-order chi connectivity index (χ0) is 19.2. The Labute approximate surface area is 155 Å². The number of likely N-dealkylation sites (tertiary alicyclic amines) is 1. The van der Waals surface area contributed by atoms with Crippen LogP contribution in [0.5, 0.6) is 0 Å². The summed E-state index contributed by atoms with van der Waals surface area (Å²) in [6.45, 7) is 5.56. The number of amides is 2. The van der Waals surface area contributed by atoms with Gasteiger partial charge in [0.15, 0.2) is 0 Å². The molecule has 0 radical (unpaired) electrons. The third-order valence-electron chi connectivity index (χ3n) is 4.48. The number of nitrogens with zero attached hydrogens (tertiary/aromatic N) is 1. The standard InChI is InChI=1S/C18H27N3O4S/c1-3-14(2)20-26(24,25)16-8-6-15(7-9-16)18(23)19-11-10-17(22)21-12-4-5-13-21/h6-9,14,20H,3-5,10-13H2,1-2H3,(H,19,23). The fourth-order valence-corrected chi connectivity index (χ4v) is 4.04. The molecule has 2 amide bonds. The highest BCUT2D eigenvalue weighted by molar-refractivity contribution is 7.89. The van der Waals surface area contributed by atoms with Gasteiger partial charge in [0.2, 0.25) is 15.9 Å². The molecular weight excluding hydrogens is 354 g/mol. The van der Waals surface area contributed by atoms with Crippen LogP contribution in [0.15, 0.2) is 29.2 Å². The number of rotatable bonds is 8. The Bertz CT molecular complexity index is 725. The Morgan fingerprint density at radius 1 is 1.15 bits per heavy atom. The molecule has 8 heteroatoms. The molecule has 2 rings (SSSR count). The number of benzene rings is 1. The predicted molar refractivity (Wildman–Crippen MR) is 99.3 cm³/mol. The fraction of sp³-hybridized carbons (Fsp3) is 0.556. The minimum absolute atomic E-state index is 0.0559. The van der Waals surface area contributed by atoms with Gasteiger partial charge in [0.25, 0.3) is 5.91 Å². The predicted octanol–water partition coefficient (Wildman–Crippen LogP) is 1.51. The van der Waals surface area contributed by atoms with E-state index in [1.807, 2.05) is 11.8 Å². The maximum Gasteiger partial charge on any atom is 0.251 e. The third kappa shape index (κ3) is 5.54. The lowest BCUT2D eigenvalue weighted by Gasteiger charge is -2.15. The van der Waals surface area contributed by atoms with Crippen molar-refractivity contribution < 1.29 is 18.0 Å². The zero-order valence-corrected chi connectivity index (χ0v) is 16.1. The highest BCUT2D eigenvalue weighted by Gasteiger charge is 2.19. The number of nitrogens with one attached hydrogen (secondary N) is 2. The van der Waals surface area contributed by atoms with Crippen LogP contribution >= 0.6 is 0 Å². The molecule has 0 aromatic heterocycles. The Kier molecular flexibility index (Phi) is 7.16. The highest BCUT2D eigenvalue weighted by atomic mass is 32.2. The van der Waals surface area contributed by atoms with Crippen LogP contribution in [0.4, 0.5) is 0 Å². The molecule has 1 saturated heterocycles. The lowest BCUT2D eigenvalue weighted by atomic mass is 10.2.